The van der Waals surface area contributed by atoms with Gasteiger partial charge in [0.15, 0.2) is 0 Å². The van der Waals surface area contributed by atoms with E-state index in [1.165, 1.54) is 22.5 Å². The molecule has 0 unspecified atom stereocenters. The normalized spacial score (nSPS) is 15.3. The topological polar surface area (TPSA) is 99.3 Å². The molecule has 3 aromatic rings. The molecule has 4 rings (SSSR count). The predicted octanol–water partition coefficient (Wildman–Crippen LogP) is 3.72. The maximum atomic E-state index is 13.2. The Morgan fingerprint density at radius 3 is 2.39 bits per heavy atom. The summed E-state index contributed by atoms with van der Waals surface area (Å²) in [6, 6.07) is 13.1. The Morgan fingerprint density at radius 1 is 1.00 bits per heavy atom. The van der Waals surface area contributed by atoms with Gasteiger partial charge in [-0.2, -0.15) is 4.31 Å². The molecule has 9 heteroatoms. The molecule has 0 atom stereocenters. The summed E-state index contributed by atoms with van der Waals surface area (Å²) >= 11 is 5.90. The predicted molar refractivity (Wildman–Crippen MR) is 129 cm³/mol. The molecule has 1 aliphatic heterocycles. The Balaban J connectivity index is 1.60. The number of H-pyrrole nitrogens is 1. The Morgan fingerprint density at radius 2 is 1.70 bits per heavy atom. The number of hydrogen-bond donors (Lipinski definition) is 2. The number of aromatic amines is 1. The van der Waals surface area contributed by atoms with Crippen LogP contribution in [0.25, 0.3) is 10.9 Å². The number of aromatic nitrogens is 1. The molecule has 1 aliphatic rings. The number of sulfonamides is 1. The molecule has 2 heterocycles. The zero-order valence-corrected chi connectivity index (χ0v) is 19.7. The minimum Gasteiger partial charge on any atom is -0.352 e. The molecule has 33 heavy (non-hydrogen) atoms. The second-order valence-electron chi connectivity index (χ2n) is 8.21. The fourth-order valence-corrected chi connectivity index (χ4v) is 5.75. The summed E-state index contributed by atoms with van der Waals surface area (Å²) in [7, 11) is -3.69. The van der Waals surface area contributed by atoms with Crippen LogP contribution in [0.1, 0.15) is 41.6 Å². The van der Waals surface area contributed by atoms with Gasteiger partial charge < -0.3 is 10.3 Å². The number of fused-ring (bicyclic) bond motifs is 1. The molecule has 0 aliphatic carbocycles. The average molecular weight is 488 g/mol. The van der Waals surface area contributed by atoms with Gasteiger partial charge in [0.05, 0.1) is 10.5 Å². The van der Waals surface area contributed by atoms with Gasteiger partial charge in [-0.05, 0) is 55.2 Å². The molecule has 1 aromatic heterocycles. The van der Waals surface area contributed by atoms with E-state index in [4.69, 9.17) is 11.6 Å². The molecule has 1 amide bonds. The number of halogens is 1. The van der Waals surface area contributed by atoms with Crippen LogP contribution in [0.3, 0.4) is 0 Å². The summed E-state index contributed by atoms with van der Waals surface area (Å²) < 4.78 is 28.0. The van der Waals surface area contributed by atoms with Crippen LogP contribution in [0.4, 0.5) is 0 Å². The maximum absolute atomic E-state index is 13.2. The molecule has 1 fully saturated rings. The lowest BCUT2D eigenvalue weighted by molar-refractivity contribution is 0.0955. The highest BCUT2D eigenvalue weighted by molar-refractivity contribution is 7.89. The van der Waals surface area contributed by atoms with E-state index in [0.29, 0.717) is 42.0 Å². The molecule has 2 aromatic carbocycles. The second kappa shape index (κ2) is 10.1. The molecule has 7 nitrogen and oxygen atoms in total. The number of nitrogens with one attached hydrogen (secondary N) is 2. The first-order chi connectivity index (χ1) is 15.8. The first-order valence-corrected chi connectivity index (χ1v) is 12.9. The number of hydrogen-bond acceptors (Lipinski definition) is 4. The van der Waals surface area contributed by atoms with Crippen LogP contribution < -0.4 is 10.9 Å². The van der Waals surface area contributed by atoms with Crippen LogP contribution in [0.15, 0.2) is 58.2 Å². The van der Waals surface area contributed by atoms with Crippen LogP contribution in [0.2, 0.25) is 5.02 Å². The van der Waals surface area contributed by atoms with Crippen LogP contribution in [-0.2, 0) is 16.4 Å². The SMILES string of the molecule is O=C(NCCc1ccc(Cl)cc1)c1cc(=O)[nH]c2ccc(S(=O)(=O)N3CCCCCC3)cc12. The van der Waals surface area contributed by atoms with Gasteiger partial charge >= 0.3 is 0 Å². The van der Waals surface area contributed by atoms with Crippen molar-refractivity contribution in [3.63, 3.8) is 0 Å². The fourth-order valence-electron chi connectivity index (χ4n) is 4.08. The Hall–Kier alpha value is -2.68. The first kappa shape index (κ1) is 23.5. The van der Waals surface area contributed by atoms with Gasteiger partial charge in [-0.1, -0.05) is 36.6 Å². The zero-order valence-electron chi connectivity index (χ0n) is 18.1. The van der Waals surface area contributed by atoms with E-state index in [9.17, 15) is 18.0 Å². The van der Waals surface area contributed by atoms with Crippen molar-refractivity contribution in [2.45, 2.75) is 37.0 Å². The lowest BCUT2D eigenvalue weighted by Crippen LogP contribution is -2.32. The van der Waals surface area contributed by atoms with Crippen molar-refractivity contribution in [2.75, 3.05) is 19.6 Å². The van der Waals surface area contributed by atoms with Crippen molar-refractivity contribution in [3.8, 4) is 0 Å². The summed E-state index contributed by atoms with van der Waals surface area (Å²) in [4.78, 5) is 27.9. The summed E-state index contributed by atoms with van der Waals surface area (Å²) in [6.45, 7) is 1.34. The summed E-state index contributed by atoms with van der Waals surface area (Å²) in [5, 5.41) is 3.87. The van der Waals surface area contributed by atoms with Gasteiger partial charge in [-0.25, -0.2) is 8.42 Å². The highest BCUT2D eigenvalue weighted by Gasteiger charge is 2.26. The smallest absolute Gasteiger partial charge is 0.252 e. The number of nitrogens with zero attached hydrogens (tertiary/aromatic N) is 1. The van der Waals surface area contributed by atoms with Crippen molar-refractivity contribution in [2.24, 2.45) is 0 Å². The quantitative estimate of drug-likeness (QED) is 0.553. The number of pyridine rings is 1. The number of benzene rings is 2. The van der Waals surface area contributed by atoms with Gasteiger partial charge in [0, 0.05) is 41.6 Å². The molecular weight excluding hydrogens is 462 g/mol. The summed E-state index contributed by atoms with van der Waals surface area (Å²) in [5.41, 5.74) is 1.16. The summed E-state index contributed by atoms with van der Waals surface area (Å²) in [5.74, 6) is -0.426. The van der Waals surface area contributed by atoms with E-state index >= 15 is 0 Å². The van der Waals surface area contributed by atoms with Crippen molar-refractivity contribution in [1.29, 1.82) is 0 Å². The first-order valence-electron chi connectivity index (χ1n) is 11.0. The van der Waals surface area contributed by atoms with Gasteiger partial charge in [0.25, 0.3) is 5.91 Å². The third kappa shape index (κ3) is 5.46. The Bertz CT molecular complexity index is 1310. The maximum Gasteiger partial charge on any atom is 0.252 e. The standard InChI is InChI=1S/C24H26ClN3O4S/c25-18-7-5-17(6-8-18)11-12-26-24(30)21-16-23(29)27-22-10-9-19(15-20(21)22)33(31,32)28-13-3-1-2-4-14-28/h5-10,15-16H,1-4,11-14H2,(H,26,30)(H,27,29). The molecular formula is C24H26ClN3O4S. The number of amides is 1. The van der Waals surface area contributed by atoms with Crippen LogP contribution in [0.5, 0.6) is 0 Å². The van der Waals surface area contributed by atoms with Gasteiger partial charge in [0.1, 0.15) is 0 Å². The van der Waals surface area contributed by atoms with Crippen molar-refractivity contribution in [1.82, 2.24) is 14.6 Å². The van der Waals surface area contributed by atoms with E-state index in [1.54, 1.807) is 18.2 Å². The monoisotopic (exact) mass is 487 g/mol. The molecule has 0 saturated carbocycles. The molecule has 0 radical (unpaired) electrons. The van der Waals surface area contributed by atoms with Crippen LogP contribution in [-0.4, -0.2) is 43.2 Å². The van der Waals surface area contributed by atoms with Gasteiger partial charge in [-0.15, -0.1) is 0 Å². The van der Waals surface area contributed by atoms with Crippen molar-refractivity contribution in [3.05, 3.63) is 75.0 Å². The third-order valence-electron chi connectivity index (χ3n) is 5.87. The molecule has 1 saturated heterocycles. The Kier molecular flexibility index (Phi) is 7.17. The highest BCUT2D eigenvalue weighted by atomic mass is 35.5. The van der Waals surface area contributed by atoms with E-state index in [2.05, 4.69) is 10.3 Å². The minimum atomic E-state index is -3.69. The summed E-state index contributed by atoms with van der Waals surface area (Å²) in [6.07, 6.45) is 4.30. The highest BCUT2D eigenvalue weighted by Crippen LogP contribution is 2.25. The fraction of sp³-hybridized carbons (Fsp3) is 0.333. The van der Waals surface area contributed by atoms with Gasteiger partial charge in [-0.3, -0.25) is 9.59 Å². The molecule has 174 valence electrons. The lowest BCUT2D eigenvalue weighted by atomic mass is 10.1. The average Bonchev–Trinajstić information content (AvgIpc) is 3.09. The number of carbonyl (C=O) groups excluding carboxylic acids is 1. The number of carbonyl (C=O) groups is 1. The van der Waals surface area contributed by atoms with E-state index < -0.39 is 21.5 Å². The lowest BCUT2D eigenvalue weighted by Gasteiger charge is -2.20. The van der Waals surface area contributed by atoms with Gasteiger partial charge in [0.2, 0.25) is 15.6 Å². The van der Waals surface area contributed by atoms with Crippen molar-refractivity contribution < 1.29 is 13.2 Å². The van der Waals surface area contributed by atoms with Crippen molar-refractivity contribution >= 4 is 38.4 Å². The molecule has 0 spiro atoms. The van der Waals surface area contributed by atoms with Crippen LogP contribution >= 0.6 is 11.6 Å². The second-order valence-corrected chi connectivity index (χ2v) is 10.6. The van der Waals surface area contributed by atoms with Crippen LogP contribution in [0, 0.1) is 0 Å². The molecule has 0 bridgehead atoms. The van der Waals surface area contributed by atoms with E-state index in [1.807, 2.05) is 12.1 Å². The van der Waals surface area contributed by atoms with E-state index in [0.717, 1.165) is 31.2 Å². The number of rotatable bonds is 6. The largest absolute Gasteiger partial charge is 0.352 e. The third-order valence-corrected chi connectivity index (χ3v) is 8.02. The minimum absolute atomic E-state index is 0.124. The molecule has 2 N–H and O–H groups in total. The van der Waals surface area contributed by atoms with E-state index in [-0.39, 0.29) is 10.5 Å². The Labute approximate surface area is 197 Å². The zero-order chi connectivity index (χ0) is 23.4.